The van der Waals surface area contributed by atoms with Crippen LogP contribution in [0.15, 0.2) is 24.3 Å². The number of benzene rings is 1. The van der Waals surface area contributed by atoms with Crippen LogP contribution in [0.25, 0.3) is 10.1 Å². The van der Waals surface area contributed by atoms with Crippen LogP contribution in [0, 0.1) is 19.3 Å². The Hall–Kier alpha value is -2.52. The molecular weight excluding hydrogens is 449 g/mol. The van der Waals surface area contributed by atoms with E-state index in [-0.39, 0.29) is 11.3 Å². The molecule has 0 spiro atoms. The smallest absolute Gasteiger partial charge is 0.362 e. The van der Waals surface area contributed by atoms with Crippen molar-refractivity contribution in [1.82, 2.24) is 15.1 Å². The summed E-state index contributed by atoms with van der Waals surface area (Å²) in [6.07, 6.45) is -4.41. The SMILES string of the molecule is CCN1CC(C)(C(=O)c2cc3c(N[C@H](C)c4cccc(C(F)(F)F)c4C)nnc(C)c3s2)C1. The molecule has 9 heteroatoms. The van der Waals surface area contributed by atoms with Gasteiger partial charge in [0.1, 0.15) is 0 Å². The van der Waals surface area contributed by atoms with Crippen LogP contribution in [-0.4, -0.2) is 40.5 Å². The zero-order valence-electron chi connectivity index (χ0n) is 19.3. The molecule has 1 aromatic carbocycles. The Labute approximate surface area is 195 Å². The molecule has 0 unspecified atom stereocenters. The number of alkyl halides is 3. The molecule has 33 heavy (non-hydrogen) atoms. The van der Waals surface area contributed by atoms with Crippen molar-refractivity contribution in [1.29, 1.82) is 0 Å². The highest BCUT2D eigenvalue weighted by Crippen LogP contribution is 2.40. The minimum absolute atomic E-state index is 0.112. The zero-order valence-corrected chi connectivity index (χ0v) is 20.1. The average molecular weight is 477 g/mol. The first-order chi connectivity index (χ1) is 15.4. The normalized spacial score (nSPS) is 17.1. The number of nitrogens with zero attached hydrogens (tertiary/aromatic N) is 3. The number of hydrogen-bond acceptors (Lipinski definition) is 6. The molecule has 0 radical (unpaired) electrons. The molecule has 5 nitrogen and oxygen atoms in total. The molecule has 0 saturated carbocycles. The summed E-state index contributed by atoms with van der Waals surface area (Å²) in [5.41, 5.74) is 0.389. The summed E-state index contributed by atoms with van der Waals surface area (Å²) in [5, 5.41) is 12.5. The van der Waals surface area contributed by atoms with Crippen LogP contribution in [0.1, 0.15) is 58.9 Å². The van der Waals surface area contributed by atoms with Gasteiger partial charge in [-0.2, -0.15) is 18.3 Å². The van der Waals surface area contributed by atoms with Crippen molar-refractivity contribution >= 4 is 33.0 Å². The number of rotatable bonds is 6. The van der Waals surface area contributed by atoms with E-state index in [4.69, 9.17) is 0 Å². The fourth-order valence-electron chi connectivity index (χ4n) is 4.60. The van der Waals surface area contributed by atoms with Crippen molar-refractivity contribution in [2.75, 3.05) is 25.0 Å². The summed E-state index contributed by atoms with van der Waals surface area (Å²) >= 11 is 1.40. The first-order valence-corrected chi connectivity index (χ1v) is 11.7. The van der Waals surface area contributed by atoms with Crippen molar-refractivity contribution in [3.05, 3.63) is 51.5 Å². The van der Waals surface area contributed by atoms with Crippen LogP contribution in [0.3, 0.4) is 0 Å². The molecule has 1 N–H and O–H groups in total. The topological polar surface area (TPSA) is 58.1 Å². The third-order valence-electron chi connectivity index (χ3n) is 6.48. The summed E-state index contributed by atoms with van der Waals surface area (Å²) in [6.45, 7) is 11.6. The summed E-state index contributed by atoms with van der Waals surface area (Å²) < 4.78 is 40.9. The van der Waals surface area contributed by atoms with Crippen molar-refractivity contribution in [2.45, 2.75) is 46.8 Å². The molecular formula is C24H27F3N4OS. The van der Waals surface area contributed by atoms with Crippen molar-refractivity contribution in [3.8, 4) is 0 Å². The van der Waals surface area contributed by atoms with Gasteiger partial charge in [0.05, 0.1) is 32.3 Å². The lowest BCUT2D eigenvalue weighted by molar-refractivity contribution is -0.138. The molecule has 2 aromatic heterocycles. The number of thiophene rings is 1. The fourth-order valence-corrected chi connectivity index (χ4v) is 5.79. The van der Waals surface area contributed by atoms with E-state index in [0.717, 1.165) is 41.5 Å². The number of aromatic nitrogens is 2. The summed E-state index contributed by atoms with van der Waals surface area (Å²) in [5.74, 6) is 0.574. The van der Waals surface area contributed by atoms with E-state index in [9.17, 15) is 18.0 Å². The molecule has 3 aromatic rings. The van der Waals surface area contributed by atoms with Crippen LogP contribution in [0.4, 0.5) is 19.0 Å². The predicted molar refractivity (Wildman–Crippen MR) is 125 cm³/mol. The molecule has 1 atom stereocenters. The van der Waals surface area contributed by atoms with Crippen LogP contribution >= 0.6 is 11.3 Å². The highest BCUT2D eigenvalue weighted by molar-refractivity contribution is 7.21. The lowest BCUT2D eigenvalue weighted by Crippen LogP contribution is -2.58. The lowest BCUT2D eigenvalue weighted by atomic mass is 9.77. The Bertz CT molecular complexity index is 1210. The number of fused-ring (bicyclic) bond motifs is 1. The number of anilines is 1. The Morgan fingerprint density at radius 2 is 1.97 bits per heavy atom. The van der Waals surface area contributed by atoms with Crippen LogP contribution < -0.4 is 5.32 Å². The second-order valence-corrected chi connectivity index (χ2v) is 10.1. The van der Waals surface area contributed by atoms with Gasteiger partial charge >= 0.3 is 6.18 Å². The van der Waals surface area contributed by atoms with Gasteiger partial charge in [-0.15, -0.1) is 16.4 Å². The van der Waals surface area contributed by atoms with Gasteiger partial charge in [-0.1, -0.05) is 19.1 Å². The van der Waals surface area contributed by atoms with Gasteiger partial charge in [-0.25, -0.2) is 0 Å². The Balaban J connectivity index is 1.66. The Morgan fingerprint density at radius 3 is 2.61 bits per heavy atom. The van der Waals surface area contributed by atoms with Crippen LogP contribution in [-0.2, 0) is 6.18 Å². The second kappa shape index (κ2) is 8.36. The van der Waals surface area contributed by atoms with E-state index in [0.29, 0.717) is 16.3 Å². The molecule has 1 fully saturated rings. The standard InChI is InChI=1S/C24H27F3N4OS/c1-6-31-11-23(5,12-31)21(32)19-10-17-20(33-19)15(4)29-30-22(17)28-14(3)16-8-7-9-18(13(16)2)24(25,26)27/h7-10,14H,6,11-12H2,1-5H3,(H,28,30)/t14-/m1/s1. The maximum absolute atomic E-state index is 13.4. The first kappa shape index (κ1) is 23.6. The number of carbonyl (C=O) groups excluding carboxylic acids is 1. The van der Waals surface area contributed by atoms with Gasteiger partial charge in [-0.3, -0.25) is 4.79 Å². The summed E-state index contributed by atoms with van der Waals surface area (Å²) in [6, 6.07) is 5.60. The van der Waals surface area contributed by atoms with E-state index in [1.54, 1.807) is 13.0 Å². The average Bonchev–Trinajstić information content (AvgIpc) is 3.18. The number of Topliss-reactive ketones (excluding diaryl/α,β-unsaturated/α-hetero) is 1. The molecule has 176 valence electrons. The molecule has 1 saturated heterocycles. The van der Waals surface area contributed by atoms with Crippen molar-refractivity contribution < 1.29 is 18.0 Å². The number of nitrogens with one attached hydrogen (secondary N) is 1. The largest absolute Gasteiger partial charge is 0.416 e. The first-order valence-electron chi connectivity index (χ1n) is 10.9. The number of likely N-dealkylation sites (tertiary alicyclic amines) is 1. The molecule has 3 heterocycles. The summed E-state index contributed by atoms with van der Waals surface area (Å²) in [4.78, 5) is 16.1. The van der Waals surface area contributed by atoms with E-state index in [1.807, 2.05) is 19.9 Å². The van der Waals surface area contributed by atoms with Gasteiger partial charge in [0.15, 0.2) is 11.6 Å². The number of aryl methyl sites for hydroxylation is 1. The number of ketones is 1. The van der Waals surface area contributed by atoms with Gasteiger partial charge < -0.3 is 10.2 Å². The van der Waals surface area contributed by atoms with Crippen molar-refractivity contribution in [2.24, 2.45) is 5.41 Å². The Kier molecular flexibility index (Phi) is 5.99. The maximum atomic E-state index is 13.4. The maximum Gasteiger partial charge on any atom is 0.416 e. The van der Waals surface area contributed by atoms with E-state index < -0.39 is 23.2 Å². The zero-order chi connectivity index (χ0) is 24.1. The number of halogens is 3. The lowest BCUT2D eigenvalue weighted by Gasteiger charge is -2.46. The summed E-state index contributed by atoms with van der Waals surface area (Å²) in [7, 11) is 0. The van der Waals surface area contributed by atoms with Gasteiger partial charge in [0, 0.05) is 18.5 Å². The number of hydrogen-bond donors (Lipinski definition) is 1. The molecule has 0 amide bonds. The van der Waals surface area contributed by atoms with Crippen LogP contribution in [0.2, 0.25) is 0 Å². The molecule has 1 aliphatic heterocycles. The van der Waals surface area contributed by atoms with Crippen LogP contribution in [0.5, 0.6) is 0 Å². The number of carbonyl (C=O) groups is 1. The van der Waals surface area contributed by atoms with E-state index in [1.165, 1.54) is 24.3 Å². The quantitative estimate of drug-likeness (QED) is 0.441. The van der Waals surface area contributed by atoms with Gasteiger partial charge in [0.25, 0.3) is 0 Å². The van der Waals surface area contributed by atoms with Crippen molar-refractivity contribution in [3.63, 3.8) is 0 Å². The third-order valence-corrected chi connectivity index (χ3v) is 7.72. The highest BCUT2D eigenvalue weighted by atomic mass is 32.1. The van der Waals surface area contributed by atoms with E-state index >= 15 is 0 Å². The second-order valence-electron chi connectivity index (χ2n) is 9.06. The molecule has 1 aliphatic rings. The van der Waals surface area contributed by atoms with Gasteiger partial charge in [0.2, 0.25) is 0 Å². The minimum Gasteiger partial charge on any atom is -0.362 e. The molecule has 0 bridgehead atoms. The molecule has 0 aliphatic carbocycles. The van der Waals surface area contributed by atoms with Gasteiger partial charge in [-0.05, 0) is 57.5 Å². The Morgan fingerprint density at radius 1 is 1.27 bits per heavy atom. The highest BCUT2D eigenvalue weighted by Gasteiger charge is 2.45. The van der Waals surface area contributed by atoms with E-state index in [2.05, 4.69) is 27.3 Å². The third kappa shape index (κ3) is 4.24. The molecule has 4 rings (SSSR count). The minimum atomic E-state index is -4.41. The predicted octanol–water partition coefficient (Wildman–Crippen LogP) is 6.02. The monoisotopic (exact) mass is 476 g/mol. The fraction of sp³-hybridized carbons (Fsp3) is 0.458.